The van der Waals surface area contributed by atoms with Crippen LogP contribution in [0.25, 0.3) is 0 Å². The molecule has 3 fully saturated rings. The molecule has 242 valence electrons. The number of pyridine rings is 2. The van der Waals surface area contributed by atoms with Gasteiger partial charge in [-0.25, -0.2) is 0 Å². The summed E-state index contributed by atoms with van der Waals surface area (Å²) in [5, 5.41) is 1.33. The van der Waals surface area contributed by atoms with Crippen molar-refractivity contribution in [2.75, 3.05) is 0 Å². The van der Waals surface area contributed by atoms with E-state index in [1.807, 2.05) is 109 Å². The Morgan fingerprint density at radius 2 is 0.864 bits per heavy atom. The lowest BCUT2D eigenvalue weighted by Crippen LogP contribution is -2.41. The number of halogens is 3. The molecule has 0 saturated carbocycles. The summed E-state index contributed by atoms with van der Waals surface area (Å²) in [7, 11) is -1.35. The Balaban J connectivity index is 0.000000190. The van der Waals surface area contributed by atoms with E-state index >= 15 is 0 Å². The van der Waals surface area contributed by atoms with Gasteiger partial charge in [0, 0.05) is 22.3 Å². The average Bonchev–Trinajstić information content (AvgIpc) is 3.33. The fourth-order valence-corrected chi connectivity index (χ4v) is 4.92. The highest BCUT2D eigenvalue weighted by molar-refractivity contribution is 9.10. The Morgan fingerprint density at radius 1 is 0.545 bits per heavy atom. The average molecular weight is 714 g/mol. The molecule has 3 aliphatic rings. The first-order valence-corrected chi connectivity index (χ1v) is 16.3. The molecule has 14 heteroatoms. The third-order valence-corrected chi connectivity index (χ3v) is 10.5. The molecule has 0 N–H and O–H groups in total. The molecule has 0 spiro atoms. The summed E-state index contributed by atoms with van der Waals surface area (Å²) < 4.78 is 36.6. The van der Waals surface area contributed by atoms with Crippen LogP contribution in [0.3, 0.4) is 0 Å². The summed E-state index contributed by atoms with van der Waals surface area (Å²) in [5.74, 6) is 0. The fraction of sp³-hybridized carbons (Fsp3) is 0.667. The van der Waals surface area contributed by atoms with Gasteiger partial charge < -0.3 is 27.9 Å². The second-order valence-corrected chi connectivity index (χ2v) is 16.1. The van der Waals surface area contributed by atoms with Gasteiger partial charge in [0.2, 0.25) is 0 Å². The maximum Gasteiger partial charge on any atom is 0.496 e. The van der Waals surface area contributed by atoms with Crippen LogP contribution in [0.2, 0.25) is 10.0 Å². The van der Waals surface area contributed by atoms with Gasteiger partial charge >= 0.3 is 21.1 Å². The van der Waals surface area contributed by atoms with E-state index < -0.39 is 21.1 Å². The molecule has 2 aromatic heterocycles. The Labute approximate surface area is 283 Å². The van der Waals surface area contributed by atoms with Crippen molar-refractivity contribution >= 4 is 65.7 Å². The van der Waals surface area contributed by atoms with Crippen LogP contribution in [-0.4, -0.2) is 64.7 Å². The second-order valence-electron chi connectivity index (χ2n) is 14.4. The maximum atomic E-state index is 6.06. The van der Waals surface area contributed by atoms with Gasteiger partial charge in [0.05, 0.1) is 55.0 Å². The Hall–Kier alpha value is -0.685. The van der Waals surface area contributed by atoms with E-state index in [9.17, 15) is 0 Å². The second kappa shape index (κ2) is 13.1. The van der Waals surface area contributed by atoms with Crippen LogP contribution in [0.5, 0.6) is 0 Å². The van der Waals surface area contributed by atoms with Gasteiger partial charge in [0.1, 0.15) is 0 Å². The van der Waals surface area contributed by atoms with Crippen molar-refractivity contribution in [3.63, 3.8) is 0 Å². The van der Waals surface area contributed by atoms with Crippen LogP contribution in [0.4, 0.5) is 0 Å². The molecule has 0 unspecified atom stereocenters. The monoisotopic (exact) mass is 712 g/mol. The molecular formula is C30H46B3BrCl2N2O6. The van der Waals surface area contributed by atoms with Gasteiger partial charge in [0.15, 0.2) is 0 Å². The van der Waals surface area contributed by atoms with E-state index in [-0.39, 0.29) is 33.6 Å². The van der Waals surface area contributed by atoms with Gasteiger partial charge in [-0.3, -0.25) is 9.97 Å². The third kappa shape index (κ3) is 8.23. The zero-order valence-corrected chi connectivity index (χ0v) is 31.6. The van der Waals surface area contributed by atoms with E-state index in [1.54, 1.807) is 12.4 Å². The van der Waals surface area contributed by atoms with E-state index in [4.69, 9.17) is 51.1 Å². The van der Waals surface area contributed by atoms with Gasteiger partial charge in [-0.05, 0) is 125 Å². The van der Waals surface area contributed by atoms with E-state index in [1.165, 1.54) is 0 Å². The first-order chi connectivity index (χ1) is 19.8. The SMILES string of the molecule is CC1(C)OB(B2OC(C)(C)C(C)(C)O2)OC1(C)C.Cc1ncc(B2OC(C)(C)C(C)(C)O2)cc1Cl.Cc1ncc(Br)cc1Cl. The van der Waals surface area contributed by atoms with Crippen LogP contribution in [0.15, 0.2) is 29.0 Å². The highest BCUT2D eigenvalue weighted by Gasteiger charge is 2.63. The van der Waals surface area contributed by atoms with Gasteiger partial charge in [-0.15, -0.1) is 0 Å². The summed E-state index contributed by atoms with van der Waals surface area (Å²) in [6, 6.07) is 3.68. The molecule has 0 atom stereocenters. The van der Waals surface area contributed by atoms with E-state index in [2.05, 4.69) is 25.9 Å². The molecule has 5 rings (SSSR count). The Morgan fingerprint density at radius 3 is 1.18 bits per heavy atom. The van der Waals surface area contributed by atoms with Crippen molar-refractivity contribution in [1.82, 2.24) is 9.97 Å². The van der Waals surface area contributed by atoms with Crippen LogP contribution < -0.4 is 5.46 Å². The minimum absolute atomic E-state index is 0.338. The van der Waals surface area contributed by atoms with Crippen LogP contribution in [0, 0.1) is 13.8 Å². The number of nitrogens with zero attached hydrogens (tertiary/aromatic N) is 2. The molecule has 0 aromatic carbocycles. The molecule has 2 aromatic rings. The summed E-state index contributed by atoms with van der Waals surface area (Å²) >= 11 is 15.0. The van der Waals surface area contributed by atoms with Crippen LogP contribution >= 0.6 is 39.1 Å². The van der Waals surface area contributed by atoms with Crippen molar-refractivity contribution in [3.8, 4) is 0 Å². The molecule has 44 heavy (non-hydrogen) atoms. The van der Waals surface area contributed by atoms with Crippen molar-refractivity contribution < 1.29 is 27.9 Å². The van der Waals surface area contributed by atoms with Gasteiger partial charge in [0.25, 0.3) is 0 Å². The number of aromatic nitrogens is 2. The maximum absolute atomic E-state index is 6.06. The molecule has 0 radical (unpaired) electrons. The predicted molar refractivity (Wildman–Crippen MR) is 184 cm³/mol. The van der Waals surface area contributed by atoms with Crippen LogP contribution in [-0.2, 0) is 27.9 Å². The molecule has 0 amide bonds. The fourth-order valence-electron chi connectivity index (χ4n) is 4.11. The van der Waals surface area contributed by atoms with Crippen molar-refractivity contribution in [2.45, 2.75) is 131 Å². The zero-order chi connectivity index (χ0) is 33.7. The van der Waals surface area contributed by atoms with Crippen molar-refractivity contribution in [2.24, 2.45) is 0 Å². The molecule has 3 saturated heterocycles. The van der Waals surface area contributed by atoms with Gasteiger partial charge in [-0.2, -0.15) is 0 Å². The zero-order valence-electron chi connectivity index (χ0n) is 28.5. The topological polar surface area (TPSA) is 81.2 Å². The molecule has 3 aliphatic heterocycles. The van der Waals surface area contributed by atoms with Crippen molar-refractivity contribution in [1.29, 1.82) is 0 Å². The molecule has 5 heterocycles. The summed E-state index contributed by atoms with van der Waals surface area (Å²) in [4.78, 5) is 8.23. The number of aryl methyl sites for hydroxylation is 2. The third-order valence-electron chi connectivity index (χ3n) is 9.33. The number of hydrogen-bond donors (Lipinski definition) is 0. The number of rotatable bonds is 2. The first-order valence-electron chi connectivity index (χ1n) is 14.8. The van der Waals surface area contributed by atoms with E-state index in [0.29, 0.717) is 10.0 Å². The molecule has 8 nitrogen and oxygen atoms in total. The standard InChI is InChI=1S/C12H24B2O4.C12H17BClNO2.C6H5BrClN/c1-9(2)10(3,4)16-13(15-9)14-17-11(5,6)12(7,8)18-14;1-8-10(14)6-9(7-15-8)13-16-11(2,3)12(4,5)17-13;1-4-6(8)2-5(7)3-9-4/h1-8H3;6-7H,1-5H3;2-3H,1H3. The lowest BCUT2D eigenvalue weighted by Gasteiger charge is -2.32. The summed E-state index contributed by atoms with van der Waals surface area (Å²) in [5.41, 5.74) is 0.417. The lowest BCUT2D eigenvalue weighted by molar-refractivity contribution is 0.00578. The molecule has 0 bridgehead atoms. The van der Waals surface area contributed by atoms with E-state index in [0.717, 1.165) is 21.3 Å². The Kier molecular flexibility index (Phi) is 11.2. The summed E-state index contributed by atoms with van der Waals surface area (Å²) in [6.07, 6.45) is 3.48. The number of hydrogen-bond acceptors (Lipinski definition) is 8. The van der Waals surface area contributed by atoms with Gasteiger partial charge in [-0.1, -0.05) is 23.2 Å². The molecule has 0 aliphatic carbocycles. The largest absolute Gasteiger partial charge is 0.496 e. The quantitative estimate of drug-likeness (QED) is 0.298. The Bertz CT molecular complexity index is 1260. The minimum atomic E-state index is -0.476. The normalized spacial score (nSPS) is 23.5. The van der Waals surface area contributed by atoms with Crippen LogP contribution in [0.1, 0.15) is 94.5 Å². The summed E-state index contributed by atoms with van der Waals surface area (Å²) in [6.45, 7) is 28.0. The predicted octanol–water partition coefficient (Wildman–Crippen LogP) is 7.40. The highest BCUT2D eigenvalue weighted by atomic mass is 79.9. The highest BCUT2D eigenvalue weighted by Crippen LogP contribution is 2.43. The van der Waals surface area contributed by atoms with Crippen molar-refractivity contribution in [3.05, 3.63) is 50.4 Å². The molecular weight excluding hydrogens is 668 g/mol. The lowest BCUT2D eigenvalue weighted by atomic mass is 9.49. The minimum Gasteiger partial charge on any atom is -0.405 e. The first kappa shape index (κ1) is 37.8. The smallest absolute Gasteiger partial charge is 0.405 e.